The third kappa shape index (κ3) is 4.40. The number of aromatic nitrogens is 2. The van der Waals surface area contributed by atoms with E-state index in [0.717, 1.165) is 22.0 Å². The number of oxazole rings is 1. The molecule has 0 aromatic carbocycles. The van der Waals surface area contributed by atoms with Gasteiger partial charge in [0.25, 0.3) is 0 Å². The van der Waals surface area contributed by atoms with E-state index >= 15 is 0 Å². The standard InChI is InChI=1S/C20H19N3O2S3/c1-12-15(23-20(25-12)18-4-3-9-26-18)10-19(24)21-8-7-14-5-6-17(28-14)16-11-27-13(2)22-16/h3-6,9,11H,7-8,10H2,1-2H3,(H,21,24). The smallest absolute Gasteiger partial charge is 0.236 e. The molecule has 28 heavy (non-hydrogen) atoms. The van der Waals surface area contributed by atoms with Crippen LogP contribution in [0, 0.1) is 13.8 Å². The maximum Gasteiger partial charge on any atom is 0.236 e. The van der Waals surface area contributed by atoms with Crippen molar-refractivity contribution in [2.24, 2.45) is 0 Å². The number of hydrogen-bond acceptors (Lipinski definition) is 7. The lowest BCUT2D eigenvalue weighted by Gasteiger charge is -2.03. The van der Waals surface area contributed by atoms with Crippen molar-refractivity contribution in [2.75, 3.05) is 6.54 Å². The molecule has 4 rings (SSSR count). The predicted octanol–water partition coefficient (Wildman–Crippen LogP) is 5.11. The average molecular weight is 430 g/mol. The molecule has 5 nitrogen and oxygen atoms in total. The zero-order valence-corrected chi connectivity index (χ0v) is 18.0. The van der Waals surface area contributed by atoms with Crippen molar-refractivity contribution >= 4 is 39.9 Å². The summed E-state index contributed by atoms with van der Waals surface area (Å²) in [4.78, 5) is 24.7. The summed E-state index contributed by atoms with van der Waals surface area (Å²) in [6, 6.07) is 8.12. The maximum absolute atomic E-state index is 12.3. The fraction of sp³-hybridized carbons (Fsp3) is 0.250. The van der Waals surface area contributed by atoms with Gasteiger partial charge in [-0.15, -0.1) is 34.0 Å². The van der Waals surface area contributed by atoms with E-state index in [-0.39, 0.29) is 12.3 Å². The molecule has 0 fully saturated rings. The van der Waals surface area contributed by atoms with Crippen molar-refractivity contribution < 1.29 is 9.21 Å². The predicted molar refractivity (Wildman–Crippen MR) is 115 cm³/mol. The Morgan fingerprint density at radius 3 is 2.79 bits per heavy atom. The molecule has 144 valence electrons. The van der Waals surface area contributed by atoms with E-state index in [9.17, 15) is 4.79 Å². The van der Waals surface area contributed by atoms with Gasteiger partial charge in [-0.25, -0.2) is 9.97 Å². The molecule has 0 saturated carbocycles. The van der Waals surface area contributed by atoms with E-state index in [1.807, 2.05) is 31.4 Å². The number of nitrogens with zero attached hydrogens (tertiary/aromatic N) is 2. The van der Waals surface area contributed by atoms with Gasteiger partial charge in [-0.1, -0.05) is 6.07 Å². The molecule has 8 heteroatoms. The number of aryl methyl sites for hydroxylation is 2. The molecule has 0 aliphatic rings. The Balaban J connectivity index is 1.29. The van der Waals surface area contributed by atoms with Gasteiger partial charge in [0.15, 0.2) is 0 Å². The molecular weight excluding hydrogens is 410 g/mol. The number of carbonyl (C=O) groups is 1. The highest BCUT2D eigenvalue weighted by molar-refractivity contribution is 7.16. The topological polar surface area (TPSA) is 68.0 Å². The quantitative estimate of drug-likeness (QED) is 0.443. The van der Waals surface area contributed by atoms with Crippen molar-refractivity contribution in [3.8, 4) is 21.3 Å². The Morgan fingerprint density at radius 2 is 2.04 bits per heavy atom. The molecule has 4 aromatic rings. The normalized spacial score (nSPS) is 11.1. The molecule has 4 heterocycles. The lowest BCUT2D eigenvalue weighted by molar-refractivity contribution is -0.120. The number of hydrogen-bond donors (Lipinski definition) is 1. The van der Waals surface area contributed by atoms with Crippen LogP contribution >= 0.6 is 34.0 Å². The molecule has 0 unspecified atom stereocenters. The molecule has 0 radical (unpaired) electrons. The minimum atomic E-state index is -0.0407. The van der Waals surface area contributed by atoms with Crippen LogP contribution in [0.4, 0.5) is 0 Å². The van der Waals surface area contributed by atoms with E-state index in [2.05, 4.69) is 32.8 Å². The van der Waals surface area contributed by atoms with Crippen molar-refractivity contribution in [3.63, 3.8) is 0 Å². The van der Waals surface area contributed by atoms with Crippen LogP contribution < -0.4 is 5.32 Å². The van der Waals surface area contributed by atoms with Gasteiger partial charge >= 0.3 is 0 Å². The number of rotatable bonds is 7. The number of amides is 1. The first-order valence-corrected chi connectivity index (χ1v) is 11.4. The third-order valence-corrected chi connectivity index (χ3v) is 6.98. The van der Waals surface area contributed by atoms with Gasteiger partial charge in [-0.05, 0) is 43.8 Å². The Hall–Kier alpha value is -2.29. The monoisotopic (exact) mass is 429 g/mol. The average Bonchev–Trinajstić information content (AvgIpc) is 3.43. The van der Waals surface area contributed by atoms with Crippen LogP contribution in [-0.4, -0.2) is 22.4 Å². The molecule has 1 amide bonds. The Morgan fingerprint density at radius 1 is 1.14 bits per heavy atom. The van der Waals surface area contributed by atoms with Crippen LogP contribution in [0.5, 0.6) is 0 Å². The molecule has 0 spiro atoms. The first kappa shape index (κ1) is 19.0. The van der Waals surface area contributed by atoms with Gasteiger partial charge in [0.05, 0.1) is 32.6 Å². The molecular formula is C20H19N3O2S3. The summed E-state index contributed by atoms with van der Waals surface area (Å²) in [5.74, 6) is 1.24. The summed E-state index contributed by atoms with van der Waals surface area (Å²) >= 11 is 4.96. The van der Waals surface area contributed by atoms with Crippen molar-refractivity contribution in [3.05, 3.63) is 56.4 Å². The van der Waals surface area contributed by atoms with Gasteiger partial charge in [0.1, 0.15) is 5.76 Å². The maximum atomic E-state index is 12.3. The highest BCUT2D eigenvalue weighted by Gasteiger charge is 2.15. The molecule has 0 aliphatic heterocycles. The zero-order valence-electron chi connectivity index (χ0n) is 15.5. The zero-order chi connectivity index (χ0) is 19.5. The first-order valence-electron chi connectivity index (χ1n) is 8.86. The summed E-state index contributed by atoms with van der Waals surface area (Å²) in [7, 11) is 0. The van der Waals surface area contributed by atoms with Crippen LogP contribution in [-0.2, 0) is 17.6 Å². The summed E-state index contributed by atoms with van der Waals surface area (Å²) in [5.41, 5.74) is 1.73. The van der Waals surface area contributed by atoms with Crippen molar-refractivity contribution in [1.82, 2.24) is 15.3 Å². The highest BCUT2D eigenvalue weighted by Crippen LogP contribution is 2.29. The second kappa shape index (κ2) is 8.38. The Labute approximate surface area is 175 Å². The number of thiazole rings is 1. The molecule has 0 atom stereocenters. The molecule has 4 aromatic heterocycles. The second-order valence-corrected chi connectivity index (χ2v) is 9.47. The number of carbonyl (C=O) groups excluding carboxylic acids is 1. The Bertz CT molecular complexity index is 1080. The fourth-order valence-electron chi connectivity index (χ4n) is 2.76. The third-order valence-electron chi connectivity index (χ3n) is 4.18. The van der Waals surface area contributed by atoms with Crippen LogP contribution in [0.25, 0.3) is 21.3 Å². The van der Waals surface area contributed by atoms with Gasteiger partial charge < -0.3 is 9.73 Å². The first-order chi connectivity index (χ1) is 13.6. The van der Waals surface area contributed by atoms with Crippen molar-refractivity contribution in [1.29, 1.82) is 0 Å². The molecule has 0 saturated heterocycles. The van der Waals surface area contributed by atoms with Crippen LogP contribution in [0.1, 0.15) is 21.3 Å². The van der Waals surface area contributed by atoms with E-state index in [0.29, 0.717) is 23.9 Å². The minimum Gasteiger partial charge on any atom is -0.440 e. The van der Waals surface area contributed by atoms with Gasteiger partial charge in [0.2, 0.25) is 11.8 Å². The SMILES string of the molecule is Cc1nc(-c2ccc(CCNC(=O)Cc3nc(-c4cccs4)oc3C)s2)cs1. The van der Waals surface area contributed by atoms with E-state index < -0.39 is 0 Å². The lowest BCUT2D eigenvalue weighted by atomic mass is 10.2. The highest BCUT2D eigenvalue weighted by atomic mass is 32.1. The lowest BCUT2D eigenvalue weighted by Crippen LogP contribution is -2.27. The number of nitrogens with one attached hydrogen (secondary N) is 1. The Kier molecular flexibility index (Phi) is 5.70. The summed E-state index contributed by atoms with van der Waals surface area (Å²) in [5, 5.41) is 8.11. The van der Waals surface area contributed by atoms with Gasteiger partial charge in [-0.2, -0.15) is 0 Å². The number of thiophene rings is 2. The van der Waals surface area contributed by atoms with Crippen LogP contribution in [0.15, 0.2) is 39.4 Å². The molecule has 0 bridgehead atoms. The van der Waals surface area contributed by atoms with Crippen LogP contribution in [0.3, 0.4) is 0 Å². The summed E-state index contributed by atoms with van der Waals surface area (Å²) in [6.07, 6.45) is 1.03. The summed E-state index contributed by atoms with van der Waals surface area (Å²) in [6.45, 7) is 4.46. The second-order valence-electron chi connectivity index (χ2n) is 6.29. The minimum absolute atomic E-state index is 0.0407. The molecule has 0 aliphatic carbocycles. The van der Waals surface area contributed by atoms with E-state index in [4.69, 9.17) is 4.42 Å². The van der Waals surface area contributed by atoms with E-state index in [1.165, 1.54) is 9.75 Å². The van der Waals surface area contributed by atoms with Crippen LogP contribution in [0.2, 0.25) is 0 Å². The van der Waals surface area contributed by atoms with E-state index in [1.54, 1.807) is 34.0 Å². The summed E-state index contributed by atoms with van der Waals surface area (Å²) < 4.78 is 5.70. The van der Waals surface area contributed by atoms with Gasteiger partial charge in [-0.3, -0.25) is 4.79 Å². The van der Waals surface area contributed by atoms with Crippen molar-refractivity contribution in [2.45, 2.75) is 26.7 Å². The fourth-order valence-corrected chi connectivity index (χ4v) is 5.07. The molecule has 1 N–H and O–H groups in total. The van der Waals surface area contributed by atoms with Gasteiger partial charge in [0, 0.05) is 16.8 Å². The largest absolute Gasteiger partial charge is 0.440 e.